The second-order valence-electron chi connectivity index (χ2n) is 7.11. The fourth-order valence-corrected chi connectivity index (χ4v) is 4.67. The summed E-state index contributed by atoms with van der Waals surface area (Å²) in [7, 11) is 0. The van der Waals surface area contributed by atoms with Crippen LogP contribution in [-0.4, -0.2) is 19.0 Å². The van der Waals surface area contributed by atoms with E-state index in [4.69, 9.17) is 4.74 Å². The number of fused-ring (bicyclic) bond motifs is 3. The van der Waals surface area contributed by atoms with Crippen molar-refractivity contribution in [1.82, 2.24) is 0 Å². The molecule has 0 aromatic heterocycles. The molecule has 3 atom stereocenters. The Labute approximate surface area is 151 Å². The van der Waals surface area contributed by atoms with Crippen LogP contribution in [0.25, 0.3) is 0 Å². The van der Waals surface area contributed by atoms with Gasteiger partial charge in [-0.3, -0.25) is 0 Å². The summed E-state index contributed by atoms with van der Waals surface area (Å²) in [5, 5.41) is 3.61. The van der Waals surface area contributed by atoms with Gasteiger partial charge in [-0.15, -0.1) is 25.6 Å². The fourth-order valence-electron chi connectivity index (χ4n) is 4.67. The predicted octanol–water partition coefficient (Wildman–Crippen LogP) is 5.46. The van der Waals surface area contributed by atoms with Crippen LogP contribution in [0.1, 0.15) is 50.2 Å². The van der Waals surface area contributed by atoms with Gasteiger partial charge in [-0.2, -0.15) is 0 Å². The highest BCUT2D eigenvalue weighted by molar-refractivity contribution is 5.85. The van der Waals surface area contributed by atoms with Gasteiger partial charge in [-0.05, 0) is 49.8 Å². The van der Waals surface area contributed by atoms with Crippen LogP contribution in [-0.2, 0) is 4.74 Å². The summed E-state index contributed by atoms with van der Waals surface area (Å²) in [6.45, 7) is 0.669. The largest absolute Gasteiger partial charge is 0.573 e. The van der Waals surface area contributed by atoms with E-state index in [9.17, 15) is 13.2 Å². The molecule has 3 aliphatic rings. The lowest BCUT2D eigenvalue weighted by molar-refractivity contribution is -0.274. The normalized spacial score (nSPS) is 29.2. The molecular formula is C18H23ClF3NO2. The maximum absolute atomic E-state index is 12.5. The summed E-state index contributed by atoms with van der Waals surface area (Å²) < 4.78 is 47.6. The van der Waals surface area contributed by atoms with Crippen LogP contribution >= 0.6 is 12.4 Å². The Balaban J connectivity index is 0.00000182. The second-order valence-corrected chi connectivity index (χ2v) is 7.11. The minimum absolute atomic E-state index is 0. The fraction of sp³-hybridized carbons (Fsp3) is 0.667. The summed E-state index contributed by atoms with van der Waals surface area (Å²) in [5.74, 6) is 0.796. The highest BCUT2D eigenvalue weighted by Gasteiger charge is 2.43. The standard InChI is InChI=1S/C18H22F3NO2.ClH/c19-18(20,21)24-12-7-8-15-14(10-12)17-13(6-3-9-23-17)16(22-15)11-4-1-2-5-11;/h7-8,10-11,13,16-17,22H,1-6,9H2;1H/t13-,16+,17-;/m0./s1. The molecule has 0 amide bonds. The van der Waals surface area contributed by atoms with Crippen molar-refractivity contribution in [2.24, 2.45) is 11.8 Å². The van der Waals surface area contributed by atoms with E-state index < -0.39 is 6.36 Å². The Morgan fingerprint density at radius 1 is 1.08 bits per heavy atom. The quantitative estimate of drug-likeness (QED) is 0.742. The molecule has 1 aromatic carbocycles. The molecule has 140 valence electrons. The van der Waals surface area contributed by atoms with E-state index in [1.807, 2.05) is 0 Å². The molecule has 2 aliphatic heterocycles. The molecule has 1 saturated heterocycles. The zero-order chi connectivity index (χ0) is 16.7. The Bertz CT molecular complexity index is 604. The van der Waals surface area contributed by atoms with E-state index in [1.165, 1.54) is 37.8 Å². The van der Waals surface area contributed by atoms with Crippen LogP contribution in [0.5, 0.6) is 5.75 Å². The number of halogens is 4. The Kier molecular flexibility index (Phi) is 5.40. The van der Waals surface area contributed by atoms with Crippen LogP contribution in [0.4, 0.5) is 18.9 Å². The summed E-state index contributed by atoms with van der Waals surface area (Å²) in [5.41, 5.74) is 1.69. The first-order valence-electron chi connectivity index (χ1n) is 8.79. The van der Waals surface area contributed by atoms with Crippen molar-refractivity contribution in [3.8, 4) is 5.75 Å². The molecule has 0 radical (unpaired) electrons. The molecule has 1 N–H and O–H groups in total. The predicted molar refractivity (Wildman–Crippen MR) is 91.2 cm³/mol. The maximum atomic E-state index is 12.5. The third-order valence-electron chi connectivity index (χ3n) is 5.62. The number of anilines is 1. The molecule has 0 spiro atoms. The summed E-state index contributed by atoms with van der Waals surface area (Å²) in [6.07, 6.45) is 2.27. The lowest BCUT2D eigenvalue weighted by Gasteiger charge is -2.45. The lowest BCUT2D eigenvalue weighted by Crippen LogP contribution is -2.45. The molecule has 2 fully saturated rings. The van der Waals surface area contributed by atoms with Crippen LogP contribution in [0.2, 0.25) is 0 Å². The lowest BCUT2D eigenvalue weighted by atomic mass is 9.75. The number of ether oxygens (including phenoxy) is 2. The average Bonchev–Trinajstić information content (AvgIpc) is 3.07. The van der Waals surface area contributed by atoms with Gasteiger partial charge in [0, 0.05) is 29.8 Å². The van der Waals surface area contributed by atoms with E-state index in [1.54, 1.807) is 6.07 Å². The van der Waals surface area contributed by atoms with Gasteiger partial charge in [-0.25, -0.2) is 0 Å². The maximum Gasteiger partial charge on any atom is 0.573 e. The van der Waals surface area contributed by atoms with Crippen LogP contribution in [0.15, 0.2) is 18.2 Å². The van der Waals surface area contributed by atoms with Gasteiger partial charge < -0.3 is 14.8 Å². The van der Waals surface area contributed by atoms with Gasteiger partial charge in [0.25, 0.3) is 0 Å². The van der Waals surface area contributed by atoms with Crippen molar-refractivity contribution >= 4 is 18.1 Å². The highest BCUT2D eigenvalue weighted by Crippen LogP contribution is 2.49. The van der Waals surface area contributed by atoms with Crippen molar-refractivity contribution in [1.29, 1.82) is 0 Å². The number of nitrogens with one attached hydrogen (secondary N) is 1. The van der Waals surface area contributed by atoms with Crippen molar-refractivity contribution in [2.75, 3.05) is 11.9 Å². The minimum atomic E-state index is -4.67. The Hall–Kier alpha value is -1.14. The molecule has 7 heteroatoms. The molecule has 4 rings (SSSR count). The molecule has 1 aromatic rings. The highest BCUT2D eigenvalue weighted by atomic mass is 35.5. The van der Waals surface area contributed by atoms with Gasteiger partial charge in [0.2, 0.25) is 0 Å². The van der Waals surface area contributed by atoms with Crippen LogP contribution in [0.3, 0.4) is 0 Å². The number of alkyl halides is 3. The first-order valence-corrected chi connectivity index (χ1v) is 8.79. The summed E-state index contributed by atoms with van der Waals surface area (Å²) in [4.78, 5) is 0. The second kappa shape index (κ2) is 7.23. The summed E-state index contributed by atoms with van der Waals surface area (Å²) in [6, 6.07) is 4.93. The monoisotopic (exact) mass is 377 g/mol. The van der Waals surface area contributed by atoms with Crippen LogP contribution in [0, 0.1) is 11.8 Å². The Morgan fingerprint density at radius 2 is 1.84 bits per heavy atom. The molecule has 1 saturated carbocycles. The van der Waals surface area contributed by atoms with E-state index in [0.717, 1.165) is 24.1 Å². The number of hydrogen-bond donors (Lipinski definition) is 1. The number of rotatable bonds is 2. The topological polar surface area (TPSA) is 30.5 Å². The van der Waals surface area contributed by atoms with E-state index in [2.05, 4.69) is 10.1 Å². The smallest absolute Gasteiger partial charge is 0.406 e. The first-order chi connectivity index (χ1) is 11.5. The van der Waals surface area contributed by atoms with Gasteiger partial charge >= 0.3 is 6.36 Å². The third-order valence-corrected chi connectivity index (χ3v) is 5.62. The Morgan fingerprint density at radius 3 is 2.56 bits per heavy atom. The first kappa shape index (κ1) is 18.6. The molecule has 1 aliphatic carbocycles. The minimum Gasteiger partial charge on any atom is -0.406 e. The third kappa shape index (κ3) is 3.85. The zero-order valence-electron chi connectivity index (χ0n) is 13.8. The van der Waals surface area contributed by atoms with E-state index >= 15 is 0 Å². The number of benzene rings is 1. The van der Waals surface area contributed by atoms with Crippen molar-refractivity contribution < 1.29 is 22.6 Å². The molecule has 25 heavy (non-hydrogen) atoms. The van der Waals surface area contributed by atoms with Crippen LogP contribution < -0.4 is 10.1 Å². The van der Waals surface area contributed by atoms with Gasteiger partial charge in [0.1, 0.15) is 5.75 Å². The molecule has 2 heterocycles. The van der Waals surface area contributed by atoms with Gasteiger partial charge in [0.15, 0.2) is 0 Å². The summed E-state index contributed by atoms with van der Waals surface area (Å²) >= 11 is 0. The molecule has 0 bridgehead atoms. The van der Waals surface area contributed by atoms with E-state index in [-0.39, 0.29) is 24.3 Å². The average molecular weight is 378 g/mol. The number of hydrogen-bond acceptors (Lipinski definition) is 3. The molecule has 3 nitrogen and oxygen atoms in total. The zero-order valence-corrected chi connectivity index (χ0v) is 14.7. The van der Waals surface area contributed by atoms with E-state index in [0.29, 0.717) is 24.5 Å². The van der Waals surface area contributed by atoms with Crippen molar-refractivity contribution in [3.05, 3.63) is 23.8 Å². The van der Waals surface area contributed by atoms with Gasteiger partial charge in [-0.1, -0.05) is 12.8 Å². The molecule has 0 unspecified atom stereocenters. The van der Waals surface area contributed by atoms with Crippen molar-refractivity contribution in [3.63, 3.8) is 0 Å². The molecular weight excluding hydrogens is 355 g/mol. The van der Waals surface area contributed by atoms with Gasteiger partial charge in [0.05, 0.1) is 6.10 Å². The SMILES string of the molecule is Cl.FC(F)(F)Oc1ccc2c(c1)[C@H]1OCCC[C@H]1[C@@H](C1CCCC1)N2. The van der Waals surface area contributed by atoms with Crippen molar-refractivity contribution in [2.45, 2.75) is 57.0 Å².